The van der Waals surface area contributed by atoms with Crippen LogP contribution in [0, 0.1) is 0 Å². The average molecular weight is 275 g/mol. The number of benzene rings is 1. The highest BCUT2D eigenvalue weighted by atomic mass is 16.5. The van der Waals surface area contributed by atoms with Crippen LogP contribution < -0.4 is 5.73 Å². The molecule has 0 fully saturated rings. The second-order valence-electron chi connectivity index (χ2n) is 4.65. The predicted octanol–water partition coefficient (Wildman–Crippen LogP) is 2.28. The van der Waals surface area contributed by atoms with Crippen LogP contribution in [-0.4, -0.2) is 23.4 Å². The van der Waals surface area contributed by atoms with Crippen LogP contribution >= 0.6 is 0 Å². The van der Waals surface area contributed by atoms with Crippen molar-refractivity contribution in [1.29, 1.82) is 0 Å². The van der Waals surface area contributed by atoms with Gasteiger partial charge in [-0.15, -0.1) is 0 Å². The third-order valence-electron chi connectivity index (χ3n) is 3.02. The largest absolute Gasteiger partial charge is 0.380 e. The van der Waals surface area contributed by atoms with Gasteiger partial charge in [0.2, 0.25) is 5.89 Å². The van der Waals surface area contributed by atoms with Crippen molar-refractivity contribution in [2.75, 3.05) is 13.2 Å². The summed E-state index contributed by atoms with van der Waals surface area (Å²) in [5, 5.41) is 3.90. The number of rotatable bonds is 8. The maximum atomic E-state index is 5.90. The normalized spacial score (nSPS) is 12.5. The molecule has 2 aromatic rings. The molecule has 2 rings (SSSR count). The molecule has 1 aromatic heterocycles. The summed E-state index contributed by atoms with van der Waals surface area (Å²) in [5.74, 6) is 1.16. The second kappa shape index (κ2) is 7.77. The van der Waals surface area contributed by atoms with Crippen molar-refractivity contribution in [3.8, 4) is 0 Å². The zero-order valence-electron chi connectivity index (χ0n) is 11.8. The van der Waals surface area contributed by atoms with Crippen molar-refractivity contribution < 1.29 is 9.26 Å². The fraction of sp³-hybridized carbons (Fsp3) is 0.467. The van der Waals surface area contributed by atoms with Gasteiger partial charge in [-0.2, -0.15) is 4.98 Å². The maximum Gasteiger partial charge on any atom is 0.226 e. The van der Waals surface area contributed by atoms with E-state index in [1.165, 1.54) is 5.56 Å². The highest BCUT2D eigenvalue weighted by Gasteiger charge is 2.14. The van der Waals surface area contributed by atoms with Gasteiger partial charge in [0.05, 0.1) is 12.6 Å². The van der Waals surface area contributed by atoms with Gasteiger partial charge in [-0.3, -0.25) is 0 Å². The van der Waals surface area contributed by atoms with E-state index in [9.17, 15) is 0 Å². The van der Waals surface area contributed by atoms with E-state index < -0.39 is 0 Å². The number of aryl methyl sites for hydroxylation is 2. The molecule has 1 unspecified atom stereocenters. The molecule has 0 aliphatic rings. The molecule has 20 heavy (non-hydrogen) atoms. The van der Waals surface area contributed by atoms with Crippen LogP contribution in [-0.2, 0) is 17.6 Å². The van der Waals surface area contributed by atoms with Gasteiger partial charge in [0.1, 0.15) is 0 Å². The molecule has 5 heteroatoms. The minimum Gasteiger partial charge on any atom is -0.380 e. The fourth-order valence-electron chi connectivity index (χ4n) is 1.93. The van der Waals surface area contributed by atoms with Crippen LogP contribution in [0.15, 0.2) is 34.9 Å². The Kier molecular flexibility index (Phi) is 5.70. The topological polar surface area (TPSA) is 74.2 Å². The Bertz CT molecular complexity index is 499. The molecule has 108 valence electrons. The summed E-state index contributed by atoms with van der Waals surface area (Å²) >= 11 is 0. The molecule has 0 aliphatic heterocycles. The molecule has 5 nitrogen and oxygen atoms in total. The highest BCUT2D eigenvalue weighted by Crippen LogP contribution is 2.10. The van der Waals surface area contributed by atoms with Gasteiger partial charge >= 0.3 is 0 Å². The first-order chi connectivity index (χ1) is 9.79. The minimum atomic E-state index is -0.318. The van der Waals surface area contributed by atoms with Crippen molar-refractivity contribution in [3.05, 3.63) is 47.6 Å². The second-order valence-corrected chi connectivity index (χ2v) is 4.65. The summed E-state index contributed by atoms with van der Waals surface area (Å²) < 4.78 is 10.5. The molecule has 1 atom stereocenters. The lowest BCUT2D eigenvalue weighted by molar-refractivity contribution is 0.130. The number of hydrogen-bond acceptors (Lipinski definition) is 5. The van der Waals surface area contributed by atoms with Gasteiger partial charge in [-0.25, -0.2) is 0 Å². The van der Waals surface area contributed by atoms with E-state index in [0.29, 0.717) is 24.9 Å². The molecular formula is C15H21N3O2. The van der Waals surface area contributed by atoms with Crippen molar-refractivity contribution >= 4 is 0 Å². The van der Waals surface area contributed by atoms with Crippen molar-refractivity contribution in [2.24, 2.45) is 5.73 Å². The first-order valence-electron chi connectivity index (χ1n) is 6.99. The van der Waals surface area contributed by atoms with Gasteiger partial charge in [-0.1, -0.05) is 35.5 Å². The summed E-state index contributed by atoms with van der Waals surface area (Å²) in [7, 11) is 0. The molecular weight excluding hydrogens is 254 g/mol. The van der Waals surface area contributed by atoms with Crippen LogP contribution in [0.25, 0.3) is 0 Å². The summed E-state index contributed by atoms with van der Waals surface area (Å²) in [6.07, 6.45) is 2.75. The van der Waals surface area contributed by atoms with E-state index in [1.54, 1.807) is 0 Å². The smallest absolute Gasteiger partial charge is 0.226 e. The molecule has 0 radical (unpaired) electrons. The van der Waals surface area contributed by atoms with Crippen LogP contribution in [0.2, 0.25) is 0 Å². The van der Waals surface area contributed by atoms with Gasteiger partial charge in [0.25, 0.3) is 0 Å². The lowest BCUT2D eigenvalue weighted by Crippen LogP contribution is -2.18. The van der Waals surface area contributed by atoms with Crippen molar-refractivity contribution in [3.63, 3.8) is 0 Å². The lowest BCUT2D eigenvalue weighted by Gasteiger charge is -2.05. The number of hydrogen-bond donors (Lipinski definition) is 1. The van der Waals surface area contributed by atoms with Crippen molar-refractivity contribution in [2.45, 2.75) is 32.2 Å². The molecule has 0 aliphatic carbocycles. The van der Waals surface area contributed by atoms with E-state index in [1.807, 2.05) is 25.1 Å². The third-order valence-corrected chi connectivity index (χ3v) is 3.02. The SMILES string of the molecule is CCOCC(N)c1noc(CCCc2ccccc2)n1. The Morgan fingerprint density at radius 1 is 1.25 bits per heavy atom. The van der Waals surface area contributed by atoms with Crippen LogP contribution in [0.4, 0.5) is 0 Å². The quantitative estimate of drug-likeness (QED) is 0.800. The molecule has 2 N–H and O–H groups in total. The molecule has 0 spiro atoms. The molecule has 1 heterocycles. The van der Waals surface area contributed by atoms with Crippen molar-refractivity contribution in [1.82, 2.24) is 10.1 Å². The Balaban J connectivity index is 1.78. The first kappa shape index (κ1) is 14.7. The fourth-order valence-corrected chi connectivity index (χ4v) is 1.93. The van der Waals surface area contributed by atoms with Gasteiger partial charge in [0, 0.05) is 13.0 Å². The van der Waals surface area contributed by atoms with Gasteiger partial charge in [-0.05, 0) is 25.3 Å². The van der Waals surface area contributed by atoms with E-state index >= 15 is 0 Å². The predicted molar refractivity (Wildman–Crippen MR) is 76.2 cm³/mol. The minimum absolute atomic E-state index is 0.318. The molecule has 0 bridgehead atoms. The Labute approximate surface area is 119 Å². The van der Waals surface area contributed by atoms with E-state index in [2.05, 4.69) is 22.3 Å². The zero-order chi connectivity index (χ0) is 14.2. The standard InChI is InChI=1S/C15H21N3O2/c1-2-19-11-13(16)15-17-14(20-18-15)10-6-9-12-7-4-3-5-8-12/h3-5,7-8,13H,2,6,9-11,16H2,1H3. The van der Waals surface area contributed by atoms with Gasteiger partial charge in [0.15, 0.2) is 5.82 Å². The third kappa shape index (κ3) is 4.43. The summed E-state index contributed by atoms with van der Waals surface area (Å²) in [4.78, 5) is 4.31. The Hall–Kier alpha value is -1.72. The lowest BCUT2D eigenvalue weighted by atomic mass is 10.1. The first-order valence-corrected chi connectivity index (χ1v) is 6.99. The van der Waals surface area contributed by atoms with Crippen LogP contribution in [0.3, 0.4) is 0 Å². The van der Waals surface area contributed by atoms with E-state index in [4.69, 9.17) is 15.0 Å². The molecule has 0 amide bonds. The number of ether oxygens (including phenoxy) is 1. The molecule has 1 aromatic carbocycles. The summed E-state index contributed by atoms with van der Waals surface area (Å²) in [6.45, 7) is 2.98. The number of nitrogens with two attached hydrogens (primary N) is 1. The van der Waals surface area contributed by atoms with Crippen LogP contribution in [0.5, 0.6) is 0 Å². The highest BCUT2D eigenvalue weighted by molar-refractivity contribution is 5.14. The summed E-state index contributed by atoms with van der Waals surface area (Å²) in [5.41, 5.74) is 7.22. The van der Waals surface area contributed by atoms with E-state index in [-0.39, 0.29) is 6.04 Å². The van der Waals surface area contributed by atoms with E-state index in [0.717, 1.165) is 19.3 Å². The summed E-state index contributed by atoms with van der Waals surface area (Å²) in [6, 6.07) is 10.0. The Morgan fingerprint density at radius 3 is 2.80 bits per heavy atom. The molecule has 0 saturated heterocycles. The average Bonchev–Trinajstić information content (AvgIpc) is 2.95. The zero-order valence-corrected chi connectivity index (χ0v) is 11.8. The maximum absolute atomic E-state index is 5.90. The monoisotopic (exact) mass is 275 g/mol. The number of aromatic nitrogens is 2. The Morgan fingerprint density at radius 2 is 2.05 bits per heavy atom. The number of nitrogens with zero attached hydrogens (tertiary/aromatic N) is 2. The van der Waals surface area contributed by atoms with Gasteiger partial charge < -0.3 is 15.0 Å². The van der Waals surface area contributed by atoms with Crippen LogP contribution in [0.1, 0.15) is 36.7 Å². The molecule has 0 saturated carbocycles.